The van der Waals surface area contributed by atoms with Gasteiger partial charge in [0.2, 0.25) is 5.91 Å². The van der Waals surface area contributed by atoms with Gasteiger partial charge >= 0.3 is 0 Å². The zero-order chi connectivity index (χ0) is 19.9. The minimum absolute atomic E-state index is 0.0519. The second-order valence-electron chi connectivity index (χ2n) is 7.78. The molecule has 0 saturated carbocycles. The van der Waals surface area contributed by atoms with E-state index in [4.69, 9.17) is 4.74 Å². The van der Waals surface area contributed by atoms with Crippen molar-refractivity contribution in [1.29, 1.82) is 0 Å². The fourth-order valence-corrected chi connectivity index (χ4v) is 4.07. The third kappa shape index (κ3) is 5.52. The highest BCUT2D eigenvalue weighted by molar-refractivity contribution is 5.79. The number of carbonyl (C=O) groups is 1. The lowest BCUT2D eigenvalue weighted by Gasteiger charge is -2.34. The predicted molar refractivity (Wildman–Crippen MR) is 111 cm³/mol. The van der Waals surface area contributed by atoms with Gasteiger partial charge in [0.25, 0.3) is 0 Å². The number of rotatable bonds is 6. The Morgan fingerprint density at radius 3 is 2.72 bits per heavy atom. The van der Waals surface area contributed by atoms with Crippen molar-refractivity contribution in [2.45, 2.75) is 25.5 Å². The molecular weight excluding hydrogens is 366 g/mol. The number of nitrogens with zero attached hydrogens (tertiary/aromatic N) is 4. The molecule has 1 atom stereocenters. The van der Waals surface area contributed by atoms with Crippen molar-refractivity contribution in [2.75, 3.05) is 44.2 Å². The average Bonchev–Trinajstić information content (AvgIpc) is 2.79. The highest BCUT2D eigenvalue weighted by Crippen LogP contribution is 2.21. The van der Waals surface area contributed by atoms with Gasteiger partial charge in [0.05, 0.1) is 18.9 Å². The van der Waals surface area contributed by atoms with E-state index in [0.29, 0.717) is 13.2 Å². The molecule has 1 N–H and O–H groups in total. The van der Waals surface area contributed by atoms with Crippen LogP contribution in [0.15, 0.2) is 48.9 Å². The number of morpholine rings is 1. The number of carbonyl (C=O) groups excluding carboxylic acids is 1. The topological polar surface area (TPSA) is 70.6 Å². The molecule has 7 nitrogen and oxygen atoms in total. The first-order valence-corrected chi connectivity index (χ1v) is 10.4. The van der Waals surface area contributed by atoms with Gasteiger partial charge in [-0.2, -0.15) is 0 Å². The Bertz CT molecular complexity index is 765. The van der Waals surface area contributed by atoms with Crippen molar-refractivity contribution in [1.82, 2.24) is 20.2 Å². The molecule has 2 aliphatic rings. The van der Waals surface area contributed by atoms with Crippen LogP contribution in [0.3, 0.4) is 0 Å². The fourth-order valence-electron chi connectivity index (χ4n) is 4.07. The van der Waals surface area contributed by atoms with E-state index < -0.39 is 0 Å². The SMILES string of the molecule is O=C(NCC1CN(Cc2ccccc2)CCO1)C1CCN(c2cnccn2)CC1. The molecule has 1 amide bonds. The summed E-state index contributed by atoms with van der Waals surface area (Å²) < 4.78 is 5.88. The van der Waals surface area contributed by atoms with E-state index in [0.717, 1.165) is 51.4 Å². The molecule has 2 aliphatic heterocycles. The highest BCUT2D eigenvalue weighted by Gasteiger charge is 2.27. The van der Waals surface area contributed by atoms with E-state index in [9.17, 15) is 4.79 Å². The summed E-state index contributed by atoms with van der Waals surface area (Å²) >= 11 is 0. The number of ether oxygens (including phenoxy) is 1. The summed E-state index contributed by atoms with van der Waals surface area (Å²) in [6.45, 7) is 5.66. The molecule has 7 heteroatoms. The minimum atomic E-state index is 0.0519. The number of anilines is 1. The van der Waals surface area contributed by atoms with E-state index in [1.54, 1.807) is 18.6 Å². The quantitative estimate of drug-likeness (QED) is 0.803. The summed E-state index contributed by atoms with van der Waals surface area (Å²) in [4.78, 5) is 25.7. The Morgan fingerprint density at radius 2 is 1.97 bits per heavy atom. The van der Waals surface area contributed by atoms with Gasteiger partial charge in [-0.15, -0.1) is 0 Å². The Hall–Kier alpha value is -2.51. The molecule has 1 aromatic carbocycles. The molecule has 0 radical (unpaired) electrons. The number of nitrogens with one attached hydrogen (secondary N) is 1. The van der Waals surface area contributed by atoms with Crippen molar-refractivity contribution >= 4 is 11.7 Å². The zero-order valence-corrected chi connectivity index (χ0v) is 16.7. The zero-order valence-electron chi connectivity index (χ0n) is 16.7. The van der Waals surface area contributed by atoms with Crippen LogP contribution in [0.1, 0.15) is 18.4 Å². The summed E-state index contributed by atoms with van der Waals surface area (Å²) in [6, 6.07) is 10.5. The number of benzene rings is 1. The Labute approximate surface area is 172 Å². The molecular formula is C22H29N5O2. The van der Waals surface area contributed by atoms with Gasteiger partial charge in [-0.25, -0.2) is 4.98 Å². The normalized spacial score (nSPS) is 21.1. The number of piperidine rings is 1. The summed E-state index contributed by atoms with van der Waals surface area (Å²) in [5.41, 5.74) is 1.31. The smallest absolute Gasteiger partial charge is 0.223 e. The van der Waals surface area contributed by atoms with Crippen LogP contribution in [0.4, 0.5) is 5.82 Å². The van der Waals surface area contributed by atoms with Crippen LogP contribution in [0, 0.1) is 5.92 Å². The van der Waals surface area contributed by atoms with Crippen LogP contribution < -0.4 is 10.2 Å². The van der Waals surface area contributed by atoms with E-state index in [2.05, 4.69) is 49.4 Å². The van der Waals surface area contributed by atoms with Crippen molar-refractivity contribution < 1.29 is 9.53 Å². The standard InChI is InChI=1S/C22H29N5O2/c28-22(19-6-10-27(11-7-19)21-15-23-8-9-24-21)25-14-20-17-26(12-13-29-20)16-18-4-2-1-3-5-18/h1-5,8-9,15,19-20H,6-7,10-14,16-17H2,(H,25,28). The lowest BCUT2D eigenvalue weighted by molar-refractivity contribution is -0.126. The molecule has 154 valence electrons. The monoisotopic (exact) mass is 395 g/mol. The second-order valence-corrected chi connectivity index (χ2v) is 7.78. The number of hydrogen-bond acceptors (Lipinski definition) is 6. The summed E-state index contributed by atoms with van der Waals surface area (Å²) in [7, 11) is 0. The van der Waals surface area contributed by atoms with Gasteiger partial charge in [0, 0.05) is 57.6 Å². The maximum absolute atomic E-state index is 12.6. The average molecular weight is 396 g/mol. The maximum Gasteiger partial charge on any atom is 0.223 e. The van der Waals surface area contributed by atoms with Crippen LogP contribution in [-0.4, -0.2) is 66.2 Å². The summed E-state index contributed by atoms with van der Waals surface area (Å²) in [5.74, 6) is 1.10. The second kappa shape index (κ2) is 9.80. The van der Waals surface area contributed by atoms with Gasteiger partial charge in [-0.3, -0.25) is 14.7 Å². The highest BCUT2D eigenvalue weighted by atomic mass is 16.5. The van der Waals surface area contributed by atoms with Gasteiger partial charge in [-0.05, 0) is 18.4 Å². The molecule has 0 bridgehead atoms. The van der Waals surface area contributed by atoms with Crippen LogP contribution >= 0.6 is 0 Å². The molecule has 1 unspecified atom stereocenters. The number of aromatic nitrogens is 2. The lowest BCUT2D eigenvalue weighted by atomic mass is 9.96. The van der Waals surface area contributed by atoms with Crippen LogP contribution in [0.2, 0.25) is 0 Å². The van der Waals surface area contributed by atoms with E-state index in [1.807, 2.05) is 6.07 Å². The Balaban J connectivity index is 1.19. The summed E-state index contributed by atoms with van der Waals surface area (Å²) in [5, 5.41) is 3.12. The fraction of sp³-hybridized carbons (Fsp3) is 0.500. The van der Waals surface area contributed by atoms with Crippen LogP contribution in [0.5, 0.6) is 0 Å². The lowest BCUT2D eigenvalue weighted by Crippen LogP contribution is -2.48. The van der Waals surface area contributed by atoms with E-state index in [1.165, 1.54) is 5.56 Å². The predicted octanol–water partition coefficient (Wildman–Crippen LogP) is 1.71. The minimum Gasteiger partial charge on any atom is -0.374 e. The molecule has 0 aliphatic carbocycles. The largest absolute Gasteiger partial charge is 0.374 e. The van der Waals surface area contributed by atoms with Crippen molar-refractivity contribution in [2.24, 2.45) is 5.92 Å². The number of hydrogen-bond donors (Lipinski definition) is 1. The van der Waals surface area contributed by atoms with Crippen molar-refractivity contribution in [3.05, 3.63) is 54.5 Å². The van der Waals surface area contributed by atoms with Crippen molar-refractivity contribution in [3.8, 4) is 0 Å². The van der Waals surface area contributed by atoms with Crippen LogP contribution in [-0.2, 0) is 16.1 Å². The molecule has 4 rings (SSSR count). The molecule has 1 aromatic heterocycles. The molecule has 29 heavy (non-hydrogen) atoms. The van der Waals surface area contributed by atoms with E-state index in [-0.39, 0.29) is 17.9 Å². The molecule has 2 aromatic rings. The molecule has 0 spiro atoms. The summed E-state index contributed by atoms with van der Waals surface area (Å²) in [6.07, 6.45) is 6.90. The molecule has 2 fully saturated rings. The maximum atomic E-state index is 12.6. The third-order valence-electron chi connectivity index (χ3n) is 5.72. The van der Waals surface area contributed by atoms with E-state index >= 15 is 0 Å². The molecule has 3 heterocycles. The Kier molecular flexibility index (Phi) is 6.69. The third-order valence-corrected chi connectivity index (χ3v) is 5.72. The Morgan fingerprint density at radius 1 is 1.14 bits per heavy atom. The first kappa shape index (κ1) is 19.8. The first-order chi connectivity index (χ1) is 14.3. The van der Waals surface area contributed by atoms with Gasteiger partial charge in [-0.1, -0.05) is 30.3 Å². The van der Waals surface area contributed by atoms with Gasteiger partial charge in [0.1, 0.15) is 5.82 Å². The first-order valence-electron chi connectivity index (χ1n) is 10.4. The van der Waals surface area contributed by atoms with Gasteiger partial charge < -0.3 is 15.0 Å². The van der Waals surface area contributed by atoms with Crippen molar-refractivity contribution in [3.63, 3.8) is 0 Å². The van der Waals surface area contributed by atoms with Gasteiger partial charge in [0.15, 0.2) is 0 Å². The number of amides is 1. The molecule has 2 saturated heterocycles. The van der Waals surface area contributed by atoms with Crippen LogP contribution in [0.25, 0.3) is 0 Å².